The zero-order valence-electron chi connectivity index (χ0n) is 10.8. The van der Waals surface area contributed by atoms with Gasteiger partial charge >= 0.3 is 6.03 Å². The highest BCUT2D eigenvalue weighted by Crippen LogP contribution is 2.32. The zero-order chi connectivity index (χ0) is 12.7. The van der Waals surface area contributed by atoms with E-state index < -0.39 is 0 Å². The highest BCUT2D eigenvalue weighted by molar-refractivity contribution is 5.77. The normalized spacial score (nSPS) is 23.0. The first-order valence-corrected chi connectivity index (χ1v) is 6.40. The van der Waals surface area contributed by atoms with Gasteiger partial charge in [-0.2, -0.15) is 0 Å². The minimum atomic E-state index is 0.0916. The van der Waals surface area contributed by atoms with Gasteiger partial charge in [-0.15, -0.1) is 0 Å². The van der Waals surface area contributed by atoms with Crippen molar-refractivity contribution in [2.45, 2.75) is 18.9 Å². The van der Waals surface area contributed by atoms with Crippen molar-refractivity contribution in [3.8, 4) is 5.75 Å². The van der Waals surface area contributed by atoms with Gasteiger partial charge in [-0.05, 0) is 36.1 Å². The van der Waals surface area contributed by atoms with Crippen LogP contribution in [0.25, 0.3) is 0 Å². The monoisotopic (exact) mass is 246 g/mol. The third-order valence-electron chi connectivity index (χ3n) is 3.86. The number of hydrogen-bond donors (Lipinski definition) is 0. The maximum Gasteiger partial charge on any atom is 0.320 e. The topological polar surface area (TPSA) is 32.8 Å². The lowest BCUT2D eigenvalue weighted by Crippen LogP contribution is -2.26. The summed E-state index contributed by atoms with van der Waals surface area (Å²) < 4.78 is 5.62. The number of carbonyl (C=O) groups excluding carboxylic acids is 1. The molecule has 1 saturated heterocycles. The third kappa shape index (κ3) is 1.72. The van der Waals surface area contributed by atoms with Gasteiger partial charge in [0.05, 0.1) is 12.6 Å². The van der Waals surface area contributed by atoms with Crippen LogP contribution in [0.1, 0.15) is 23.6 Å². The van der Waals surface area contributed by atoms with Gasteiger partial charge in [0.15, 0.2) is 0 Å². The fourth-order valence-corrected chi connectivity index (χ4v) is 2.78. The van der Waals surface area contributed by atoms with E-state index in [0.717, 1.165) is 31.7 Å². The number of amides is 2. The number of aryl methyl sites for hydroxylation is 1. The van der Waals surface area contributed by atoms with Gasteiger partial charge in [0.2, 0.25) is 0 Å². The Balaban J connectivity index is 1.91. The summed E-state index contributed by atoms with van der Waals surface area (Å²) in [6.45, 7) is 1.58. The first-order valence-electron chi connectivity index (χ1n) is 6.40. The van der Waals surface area contributed by atoms with Crippen LogP contribution < -0.4 is 4.74 Å². The molecular formula is C14H18N2O2. The van der Waals surface area contributed by atoms with E-state index in [0.29, 0.717) is 0 Å². The minimum Gasteiger partial charge on any atom is -0.493 e. The first-order chi connectivity index (χ1) is 8.66. The van der Waals surface area contributed by atoms with Crippen LogP contribution in [0.3, 0.4) is 0 Å². The van der Waals surface area contributed by atoms with Crippen LogP contribution in [0.4, 0.5) is 4.79 Å². The SMILES string of the molecule is CN1CC(c2ccc3c(c2)CCCO3)N(C)C1=O. The smallest absolute Gasteiger partial charge is 0.320 e. The van der Waals surface area contributed by atoms with E-state index in [1.807, 2.05) is 25.1 Å². The fourth-order valence-electron chi connectivity index (χ4n) is 2.78. The second-order valence-electron chi connectivity index (χ2n) is 5.11. The summed E-state index contributed by atoms with van der Waals surface area (Å²) in [6.07, 6.45) is 2.15. The Hall–Kier alpha value is -1.71. The molecule has 2 heterocycles. The molecule has 3 rings (SSSR count). The number of hydrogen-bond acceptors (Lipinski definition) is 2. The Morgan fingerprint density at radius 3 is 2.89 bits per heavy atom. The van der Waals surface area contributed by atoms with E-state index in [9.17, 15) is 4.79 Å². The van der Waals surface area contributed by atoms with Crippen molar-refractivity contribution in [1.29, 1.82) is 0 Å². The predicted molar refractivity (Wildman–Crippen MR) is 68.8 cm³/mol. The van der Waals surface area contributed by atoms with E-state index in [1.165, 1.54) is 11.1 Å². The standard InChI is InChI=1S/C14H18N2O2/c1-15-9-12(16(2)14(15)17)10-5-6-13-11(8-10)4-3-7-18-13/h5-6,8,12H,3-4,7,9H2,1-2H3. The molecule has 96 valence electrons. The molecule has 0 aliphatic carbocycles. The molecule has 0 aromatic heterocycles. The van der Waals surface area contributed by atoms with Crippen LogP contribution in [0.15, 0.2) is 18.2 Å². The van der Waals surface area contributed by atoms with Gasteiger partial charge < -0.3 is 14.5 Å². The molecule has 1 aromatic carbocycles. The summed E-state index contributed by atoms with van der Waals surface area (Å²) >= 11 is 0. The zero-order valence-corrected chi connectivity index (χ0v) is 10.8. The molecule has 0 radical (unpaired) electrons. The average Bonchev–Trinajstić information content (AvgIpc) is 2.66. The highest BCUT2D eigenvalue weighted by Gasteiger charge is 2.33. The fraction of sp³-hybridized carbons (Fsp3) is 0.500. The molecule has 0 saturated carbocycles. The number of rotatable bonds is 1. The molecule has 1 atom stereocenters. The summed E-state index contributed by atoms with van der Waals surface area (Å²) in [5.74, 6) is 1.00. The van der Waals surface area contributed by atoms with Crippen LogP contribution in [-0.4, -0.2) is 43.1 Å². The van der Waals surface area contributed by atoms with Crippen LogP contribution in [0.5, 0.6) is 5.75 Å². The summed E-state index contributed by atoms with van der Waals surface area (Å²) in [5.41, 5.74) is 2.48. The highest BCUT2D eigenvalue weighted by atomic mass is 16.5. The number of urea groups is 1. The molecule has 0 spiro atoms. The van der Waals surface area contributed by atoms with Gasteiger partial charge in [-0.25, -0.2) is 4.79 Å². The quantitative estimate of drug-likeness (QED) is 0.759. The van der Waals surface area contributed by atoms with Crippen LogP contribution in [0, 0.1) is 0 Å². The Labute approximate surface area is 107 Å². The van der Waals surface area contributed by atoms with Crippen molar-refractivity contribution in [2.75, 3.05) is 27.2 Å². The van der Waals surface area contributed by atoms with Crippen molar-refractivity contribution >= 4 is 6.03 Å². The summed E-state index contributed by atoms with van der Waals surface area (Å²) in [5, 5.41) is 0. The lowest BCUT2D eigenvalue weighted by molar-refractivity contribution is 0.201. The minimum absolute atomic E-state index is 0.0916. The van der Waals surface area contributed by atoms with Gasteiger partial charge in [-0.3, -0.25) is 0 Å². The number of nitrogens with zero attached hydrogens (tertiary/aromatic N) is 2. The maximum atomic E-state index is 11.8. The molecule has 2 amide bonds. The molecule has 2 aliphatic heterocycles. The third-order valence-corrected chi connectivity index (χ3v) is 3.86. The Morgan fingerprint density at radius 1 is 1.33 bits per heavy atom. The number of ether oxygens (including phenoxy) is 1. The number of fused-ring (bicyclic) bond motifs is 1. The van der Waals surface area contributed by atoms with Gasteiger partial charge in [0.1, 0.15) is 5.75 Å². The number of benzene rings is 1. The van der Waals surface area contributed by atoms with Crippen molar-refractivity contribution < 1.29 is 9.53 Å². The lowest BCUT2D eigenvalue weighted by atomic mass is 9.99. The summed E-state index contributed by atoms with van der Waals surface area (Å²) in [6, 6.07) is 6.57. The molecular weight excluding hydrogens is 228 g/mol. The second kappa shape index (κ2) is 4.19. The number of carbonyl (C=O) groups is 1. The summed E-state index contributed by atoms with van der Waals surface area (Å²) in [7, 11) is 3.72. The molecule has 1 fully saturated rings. The largest absolute Gasteiger partial charge is 0.493 e. The van der Waals surface area contributed by atoms with E-state index in [4.69, 9.17) is 4.74 Å². The molecule has 18 heavy (non-hydrogen) atoms. The average molecular weight is 246 g/mol. The molecule has 0 N–H and O–H groups in total. The number of likely N-dealkylation sites (N-methyl/N-ethyl adjacent to an activating group) is 2. The van der Waals surface area contributed by atoms with Crippen molar-refractivity contribution in [1.82, 2.24) is 9.80 Å². The first kappa shape index (κ1) is 11.4. The lowest BCUT2D eigenvalue weighted by Gasteiger charge is -2.22. The van der Waals surface area contributed by atoms with Gasteiger partial charge in [-0.1, -0.05) is 6.07 Å². The van der Waals surface area contributed by atoms with E-state index in [1.54, 1.807) is 4.90 Å². The summed E-state index contributed by atoms with van der Waals surface area (Å²) in [4.78, 5) is 15.4. The van der Waals surface area contributed by atoms with Crippen LogP contribution in [-0.2, 0) is 6.42 Å². The van der Waals surface area contributed by atoms with E-state index >= 15 is 0 Å². The van der Waals surface area contributed by atoms with Crippen LogP contribution in [0.2, 0.25) is 0 Å². The molecule has 1 unspecified atom stereocenters. The molecule has 0 bridgehead atoms. The van der Waals surface area contributed by atoms with Crippen molar-refractivity contribution in [2.24, 2.45) is 0 Å². The predicted octanol–water partition coefficient (Wildman–Crippen LogP) is 2.05. The van der Waals surface area contributed by atoms with Gasteiger partial charge in [0, 0.05) is 20.6 Å². The maximum absolute atomic E-state index is 11.8. The second-order valence-corrected chi connectivity index (χ2v) is 5.11. The van der Waals surface area contributed by atoms with E-state index in [2.05, 4.69) is 12.1 Å². The van der Waals surface area contributed by atoms with Crippen LogP contribution >= 0.6 is 0 Å². The Morgan fingerprint density at radius 2 is 2.17 bits per heavy atom. The van der Waals surface area contributed by atoms with E-state index in [-0.39, 0.29) is 12.1 Å². The molecule has 2 aliphatic rings. The van der Waals surface area contributed by atoms with Crippen molar-refractivity contribution in [3.05, 3.63) is 29.3 Å². The van der Waals surface area contributed by atoms with Gasteiger partial charge in [0.25, 0.3) is 0 Å². The Kier molecular flexibility index (Phi) is 2.65. The molecule has 4 nitrogen and oxygen atoms in total. The molecule has 1 aromatic rings. The molecule has 4 heteroatoms. The Bertz CT molecular complexity index is 487. The van der Waals surface area contributed by atoms with Crippen molar-refractivity contribution in [3.63, 3.8) is 0 Å².